The lowest BCUT2D eigenvalue weighted by Crippen LogP contribution is -2.55. The molecule has 0 aliphatic carbocycles. The van der Waals surface area contributed by atoms with Crippen LogP contribution in [0.15, 0.2) is 17.4 Å². The van der Waals surface area contributed by atoms with E-state index in [1.165, 1.54) is 17.1 Å². The molecule has 2 aliphatic rings. The number of urea groups is 1. The van der Waals surface area contributed by atoms with Gasteiger partial charge < -0.3 is 15.5 Å². The van der Waals surface area contributed by atoms with Crippen LogP contribution in [0.4, 0.5) is 10.5 Å². The summed E-state index contributed by atoms with van der Waals surface area (Å²) < 4.78 is 1.51. The Labute approximate surface area is 184 Å². The van der Waals surface area contributed by atoms with Crippen LogP contribution in [-0.2, 0) is 11.3 Å². The van der Waals surface area contributed by atoms with Crippen molar-refractivity contribution < 1.29 is 14.5 Å². The zero-order valence-corrected chi connectivity index (χ0v) is 18.6. The molecule has 1 unspecified atom stereocenters. The number of piperidine rings is 1. The molecule has 0 bridgehead atoms. The molecule has 2 aliphatic heterocycles. The molecule has 1 atom stereocenters. The summed E-state index contributed by atoms with van der Waals surface area (Å²) in [5, 5.41) is 22.9. The van der Waals surface area contributed by atoms with Gasteiger partial charge in [0.15, 0.2) is 5.96 Å². The minimum Gasteiger partial charge on any atom is -0.354 e. The van der Waals surface area contributed by atoms with E-state index >= 15 is 0 Å². The number of aliphatic imine (C=N–C) groups is 1. The molecular formula is C16H25IN8O4. The van der Waals surface area contributed by atoms with Crippen LogP contribution in [0.1, 0.15) is 19.8 Å². The second kappa shape index (κ2) is 9.37. The smallest absolute Gasteiger partial charge is 0.322 e. The third-order valence-corrected chi connectivity index (χ3v) is 5.35. The van der Waals surface area contributed by atoms with Gasteiger partial charge in [0.2, 0.25) is 0 Å². The van der Waals surface area contributed by atoms with Crippen molar-refractivity contribution in [2.24, 2.45) is 10.9 Å². The molecule has 3 heterocycles. The van der Waals surface area contributed by atoms with E-state index in [1.54, 1.807) is 14.0 Å². The topological polar surface area (TPSA) is 147 Å². The summed E-state index contributed by atoms with van der Waals surface area (Å²) in [5.74, 6) is 0.509. The molecule has 0 spiro atoms. The second-order valence-electron chi connectivity index (χ2n) is 7.06. The van der Waals surface area contributed by atoms with Gasteiger partial charge in [-0.1, -0.05) is 0 Å². The Bertz CT molecular complexity index is 805. The van der Waals surface area contributed by atoms with Crippen molar-refractivity contribution in [3.05, 3.63) is 22.5 Å². The first kappa shape index (κ1) is 22.8. The van der Waals surface area contributed by atoms with E-state index in [-0.39, 0.29) is 41.5 Å². The molecule has 2 saturated heterocycles. The van der Waals surface area contributed by atoms with E-state index in [2.05, 4.69) is 30.9 Å². The third kappa shape index (κ3) is 4.94. The average molecular weight is 520 g/mol. The highest BCUT2D eigenvalue weighted by molar-refractivity contribution is 14.0. The molecule has 1 aromatic rings. The number of amides is 3. The highest BCUT2D eigenvalue weighted by Gasteiger charge is 2.48. The predicted molar refractivity (Wildman–Crippen MR) is 115 cm³/mol. The van der Waals surface area contributed by atoms with Crippen molar-refractivity contribution in [2.75, 3.05) is 26.7 Å². The minimum atomic E-state index is -0.866. The van der Waals surface area contributed by atoms with Crippen LogP contribution in [0.2, 0.25) is 0 Å². The summed E-state index contributed by atoms with van der Waals surface area (Å²) in [4.78, 5) is 40.2. The van der Waals surface area contributed by atoms with E-state index in [4.69, 9.17) is 0 Å². The van der Waals surface area contributed by atoms with Crippen LogP contribution in [0.3, 0.4) is 0 Å². The number of aromatic nitrogens is 2. The fraction of sp³-hybridized carbons (Fsp3) is 0.625. The number of carbonyl (C=O) groups excluding carboxylic acids is 2. The summed E-state index contributed by atoms with van der Waals surface area (Å²) in [6.07, 6.45) is 4.10. The fourth-order valence-electron chi connectivity index (χ4n) is 3.70. The Morgan fingerprint density at radius 1 is 1.45 bits per heavy atom. The third-order valence-electron chi connectivity index (χ3n) is 5.35. The summed E-state index contributed by atoms with van der Waals surface area (Å²) in [6, 6.07) is -0.439. The SMILES string of the molecule is CN=C(NCCn1cc([N+](=O)[O-])cn1)N1CCC(C2(C)NC(=O)NC2=O)CC1.I. The lowest BCUT2D eigenvalue weighted by molar-refractivity contribution is -0.385. The number of hydrogen-bond acceptors (Lipinski definition) is 6. The molecule has 13 heteroatoms. The lowest BCUT2D eigenvalue weighted by atomic mass is 9.79. The summed E-state index contributed by atoms with van der Waals surface area (Å²) >= 11 is 0. The largest absolute Gasteiger partial charge is 0.354 e. The summed E-state index contributed by atoms with van der Waals surface area (Å²) in [6.45, 7) is 4.16. The van der Waals surface area contributed by atoms with Crippen molar-refractivity contribution in [1.29, 1.82) is 0 Å². The number of nitrogens with zero attached hydrogens (tertiary/aromatic N) is 5. The first-order valence-electron chi connectivity index (χ1n) is 9.09. The van der Waals surface area contributed by atoms with Crippen LogP contribution in [0.25, 0.3) is 0 Å². The quantitative estimate of drug-likeness (QED) is 0.126. The highest BCUT2D eigenvalue weighted by Crippen LogP contribution is 2.30. The predicted octanol–water partition coefficient (Wildman–Crippen LogP) is 0.295. The van der Waals surface area contributed by atoms with Gasteiger partial charge in [-0.3, -0.25) is 29.9 Å². The van der Waals surface area contributed by atoms with Crippen LogP contribution in [0.5, 0.6) is 0 Å². The monoisotopic (exact) mass is 520 g/mol. The van der Waals surface area contributed by atoms with Gasteiger partial charge in [0.25, 0.3) is 5.91 Å². The Morgan fingerprint density at radius 2 is 2.14 bits per heavy atom. The number of nitro groups is 1. The molecule has 12 nitrogen and oxygen atoms in total. The number of imide groups is 1. The van der Waals surface area contributed by atoms with Gasteiger partial charge in [0.05, 0.1) is 11.5 Å². The average Bonchev–Trinajstić information content (AvgIpc) is 3.24. The lowest BCUT2D eigenvalue weighted by Gasteiger charge is -2.39. The Balaban J connectivity index is 0.00000300. The standard InChI is InChI=1S/C16H24N8O4.HI/c1-16(13(25)20-15(26)21-16)11-3-6-22(7-4-11)14(17-2)18-5-8-23-10-12(9-19-23)24(27)28;/h9-11H,3-8H2,1-2H3,(H,17,18)(H2,20,21,25,26);1H. The van der Waals surface area contributed by atoms with Crippen molar-refractivity contribution >= 4 is 47.6 Å². The number of hydrogen-bond donors (Lipinski definition) is 3. The molecule has 1 aromatic heterocycles. The van der Waals surface area contributed by atoms with Crippen LogP contribution in [0, 0.1) is 16.0 Å². The molecule has 160 valence electrons. The maximum Gasteiger partial charge on any atom is 0.322 e. The van der Waals surface area contributed by atoms with Crippen molar-refractivity contribution in [2.45, 2.75) is 31.8 Å². The van der Waals surface area contributed by atoms with Crippen LogP contribution in [-0.4, -0.2) is 69.7 Å². The maximum absolute atomic E-state index is 12.1. The van der Waals surface area contributed by atoms with E-state index < -0.39 is 16.5 Å². The minimum absolute atomic E-state index is 0. The molecule has 0 aromatic carbocycles. The normalized spacial score (nSPS) is 22.7. The van der Waals surface area contributed by atoms with Gasteiger partial charge in [-0.15, -0.1) is 24.0 Å². The van der Waals surface area contributed by atoms with Crippen LogP contribution >= 0.6 is 24.0 Å². The number of nitrogens with one attached hydrogen (secondary N) is 3. The number of carbonyl (C=O) groups is 2. The number of rotatable bonds is 5. The fourth-order valence-corrected chi connectivity index (χ4v) is 3.70. The number of halogens is 1. The Kier molecular flexibility index (Phi) is 7.37. The molecule has 29 heavy (non-hydrogen) atoms. The van der Waals surface area contributed by atoms with Gasteiger partial charge in [-0.05, 0) is 25.7 Å². The van der Waals surface area contributed by atoms with Crippen molar-refractivity contribution in [3.63, 3.8) is 0 Å². The number of guanidine groups is 1. The second-order valence-corrected chi connectivity index (χ2v) is 7.06. The van der Waals surface area contributed by atoms with Crippen LogP contribution < -0.4 is 16.0 Å². The molecule has 2 fully saturated rings. The van der Waals surface area contributed by atoms with E-state index in [1.807, 2.05) is 0 Å². The van der Waals surface area contributed by atoms with Crippen molar-refractivity contribution in [3.8, 4) is 0 Å². The highest BCUT2D eigenvalue weighted by atomic mass is 127. The van der Waals surface area contributed by atoms with E-state index in [9.17, 15) is 19.7 Å². The van der Waals surface area contributed by atoms with Gasteiger partial charge >= 0.3 is 11.7 Å². The molecule has 3 amide bonds. The van der Waals surface area contributed by atoms with Gasteiger partial charge in [0, 0.05) is 26.7 Å². The van der Waals surface area contributed by atoms with E-state index in [0.717, 1.165) is 18.8 Å². The number of likely N-dealkylation sites (tertiary alicyclic amines) is 1. The molecule has 3 N–H and O–H groups in total. The van der Waals surface area contributed by atoms with Gasteiger partial charge in [0.1, 0.15) is 17.9 Å². The van der Waals surface area contributed by atoms with E-state index in [0.29, 0.717) is 26.2 Å². The zero-order valence-electron chi connectivity index (χ0n) is 16.3. The summed E-state index contributed by atoms with van der Waals surface area (Å²) in [5.41, 5.74) is -0.905. The first-order valence-corrected chi connectivity index (χ1v) is 9.09. The maximum atomic E-state index is 12.1. The Hall–Kier alpha value is -2.45. The molecule has 0 radical (unpaired) electrons. The Morgan fingerprint density at radius 3 is 2.66 bits per heavy atom. The molecule has 0 saturated carbocycles. The van der Waals surface area contributed by atoms with Crippen molar-refractivity contribution in [1.82, 2.24) is 30.6 Å². The molecule has 3 rings (SSSR count). The first-order chi connectivity index (χ1) is 13.3. The van der Waals surface area contributed by atoms with Gasteiger partial charge in [-0.25, -0.2) is 4.79 Å². The van der Waals surface area contributed by atoms with Gasteiger partial charge in [-0.2, -0.15) is 5.10 Å². The molecular weight excluding hydrogens is 495 g/mol. The summed E-state index contributed by atoms with van der Waals surface area (Å²) in [7, 11) is 1.69. The zero-order chi connectivity index (χ0) is 20.3.